The van der Waals surface area contributed by atoms with Gasteiger partial charge in [-0.2, -0.15) is 0 Å². The Morgan fingerprint density at radius 2 is 1.83 bits per heavy atom. The summed E-state index contributed by atoms with van der Waals surface area (Å²) in [7, 11) is 0. The van der Waals surface area contributed by atoms with Gasteiger partial charge in [-0.05, 0) is 67.6 Å². The van der Waals surface area contributed by atoms with Gasteiger partial charge in [0.15, 0.2) is 5.82 Å². The summed E-state index contributed by atoms with van der Waals surface area (Å²) >= 11 is 0. The maximum Gasteiger partial charge on any atom is 0.282 e. The van der Waals surface area contributed by atoms with E-state index >= 15 is 0 Å². The van der Waals surface area contributed by atoms with Crippen LogP contribution < -0.4 is 9.64 Å². The topological polar surface area (TPSA) is 92.6 Å². The van der Waals surface area contributed by atoms with Crippen LogP contribution >= 0.6 is 0 Å². The van der Waals surface area contributed by atoms with E-state index < -0.39 is 0 Å². The molecule has 6 aliphatic rings. The van der Waals surface area contributed by atoms with E-state index in [0.29, 0.717) is 46.3 Å². The summed E-state index contributed by atoms with van der Waals surface area (Å²) < 4.78 is 26.4. The summed E-state index contributed by atoms with van der Waals surface area (Å²) in [4.78, 5) is 21.2. The molecule has 6 fully saturated rings. The first-order chi connectivity index (χ1) is 22.9. The maximum absolute atomic E-state index is 14.6. The molecule has 4 aliphatic heterocycles. The monoisotopic (exact) mass is 640 g/mol. The number of hydrogen-bond donors (Lipinski definition) is 0. The van der Waals surface area contributed by atoms with Crippen LogP contribution in [-0.4, -0.2) is 100 Å². The minimum Gasteiger partial charge on any atom is -0.434 e. The first-order valence-electron chi connectivity index (χ1n) is 17.6. The molecule has 9 rings (SSSR count). The van der Waals surface area contributed by atoms with Crippen molar-refractivity contribution >= 4 is 5.82 Å². The Hall–Kier alpha value is -3.28. The molecule has 6 heterocycles. The van der Waals surface area contributed by atoms with E-state index in [1.165, 1.54) is 50.9 Å². The van der Waals surface area contributed by atoms with Gasteiger partial charge in [0.2, 0.25) is 0 Å². The number of ether oxygens (including phenoxy) is 2. The van der Waals surface area contributed by atoms with Crippen LogP contribution in [0.15, 0.2) is 37.1 Å². The first-order valence-corrected chi connectivity index (χ1v) is 17.6. The molecule has 248 valence electrons. The van der Waals surface area contributed by atoms with E-state index in [1.807, 2.05) is 0 Å². The highest BCUT2D eigenvalue weighted by atomic mass is 19.1. The largest absolute Gasteiger partial charge is 0.434 e. The maximum atomic E-state index is 14.6. The van der Waals surface area contributed by atoms with Crippen molar-refractivity contribution in [2.75, 3.05) is 63.9 Å². The van der Waals surface area contributed by atoms with Gasteiger partial charge in [-0.25, -0.2) is 19.3 Å². The summed E-state index contributed by atoms with van der Waals surface area (Å²) in [5, 5.41) is 8.45. The van der Waals surface area contributed by atoms with Gasteiger partial charge in [0.25, 0.3) is 5.88 Å². The Balaban J connectivity index is 0.861. The second kappa shape index (κ2) is 11.4. The standard InChI is InChI=1S/C36H45FN8O2/c1-23(2)32(26-10-36(11-26)16-43(17-36)13-24-14-46-15-24)45-19-35(20-45)7-8-44(18-35)33-34(42-41-22-40-33)47-30-6-5-27(37)9-28(30)29-12-38-21-39-31(29)25-3-4-25/h5-6,9,12,21-26,32H,3-4,7-8,10-11,13-20H2,1-2H3/t32-/m1/s1. The zero-order valence-corrected chi connectivity index (χ0v) is 27.5. The molecule has 1 atom stereocenters. The average Bonchev–Trinajstić information content (AvgIpc) is 3.74. The van der Waals surface area contributed by atoms with Crippen molar-refractivity contribution < 1.29 is 13.9 Å². The zero-order valence-electron chi connectivity index (χ0n) is 27.5. The first kappa shape index (κ1) is 29.8. The van der Waals surface area contributed by atoms with Crippen molar-refractivity contribution in [2.45, 2.75) is 57.9 Å². The lowest BCUT2D eigenvalue weighted by atomic mass is 9.54. The minimum atomic E-state index is -0.336. The lowest BCUT2D eigenvalue weighted by molar-refractivity contribution is -0.155. The van der Waals surface area contributed by atoms with Crippen LogP contribution in [0.4, 0.5) is 10.2 Å². The average molecular weight is 641 g/mol. The summed E-state index contributed by atoms with van der Waals surface area (Å²) in [5.74, 6) is 3.81. The van der Waals surface area contributed by atoms with Crippen molar-refractivity contribution in [1.29, 1.82) is 0 Å². The summed E-state index contributed by atoms with van der Waals surface area (Å²) in [6.07, 6.45) is 10.9. The fourth-order valence-corrected chi connectivity index (χ4v) is 9.68. The number of benzene rings is 1. The third-order valence-corrected chi connectivity index (χ3v) is 11.9. The molecule has 0 bridgehead atoms. The molecular formula is C36H45FN8O2. The van der Waals surface area contributed by atoms with Crippen molar-refractivity contribution in [3.63, 3.8) is 0 Å². The molecule has 11 heteroatoms. The molecule has 2 aromatic heterocycles. The Morgan fingerprint density at radius 1 is 1.00 bits per heavy atom. The van der Waals surface area contributed by atoms with Gasteiger partial charge in [-0.3, -0.25) is 4.90 Å². The predicted octanol–water partition coefficient (Wildman–Crippen LogP) is 5.03. The smallest absolute Gasteiger partial charge is 0.282 e. The molecule has 0 N–H and O–H groups in total. The Morgan fingerprint density at radius 3 is 2.57 bits per heavy atom. The zero-order chi connectivity index (χ0) is 31.8. The number of nitrogens with zero attached hydrogens (tertiary/aromatic N) is 8. The molecule has 1 aromatic carbocycles. The van der Waals surface area contributed by atoms with Crippen LogP contribution in [0, 0.1) is 34.4 Å². The Bertz CT molecular complexity index is 1630. The summed E-state index contributed by atoms with van der Waals surface area (Å²) in [5.41, 5.74) is 3.21. The molecule has 10 nitrogen and oxygen atoms in total. The van der Waals surface area contributed by atoms with Crippen LogP contribution in [0.1, 0.15) is 57.6 Å². The second-order valence-electron chi connectivity index (χ2n) is 16.0. The predicted molar refractivity (Wildman–Crippen MR) is 175 cm³/mol. The highest BCUT2D eigenvalue weighted by Gasteiger charge is 2.58. The normalized spacial score (nSPS) is 24.6. The molecule has 0 amide bonds. The molecule has 47 heavy (non-hydrogen) atoms. The third-order valence-electron chi connectivity index (χ3n) is 11.9. The highest BCUT2D eigenvalue weighted by Crippen LogP contribution is 2.56. The van der Waals surface area contributed by atoms with E-state index in [1.54, 1.807) is 18.6 Å². The lowest BCUT2D eigenvalue weighted by Gasteiger charge is -2.64. The van der Waals surface area contributed by atoms with Crippen LogP contribution in [0.3, 0.4) is 0 Å². The molecular weight excluding hydrogens is 595 g/mol. The third kappa shape index (κ3) is 5.48. The molecule has 4 saturated heterocycles. The molecule has 3 aromatic rings. The van der Waals surface area contributed by atoms with Gasteiger partial charge >= 0.3 is 0 Å². The van der Waals surface area contributed by atoms with Crippen LogP contribution in [-0.2, 0) is 4.74 Å². The number of likely N-dealkylation sites (tertiary alicyclic amines) is 2. The molecule has 0 radical (unpaired) electrons. The van der Waals surface area contributed by atoms with E-state index in [0.717, 1.165) is 81.7 Å². The molecule has 2 spiro atoms. The van der Waals surface area contributed by atoms with Gasteiger partial charge in [-0.1, -0.05) is 13.8 Å². The minimum absolute atomic E-state index is 0.260. The number of halogens is 1. The molecule has 0 unspecified atom stereocenters. The van der Waals surface area contributed by atoms with E-state index in [9.17, 15) is 4.39 Å². The van der Waals surface area contributed by atoms with E-state index in [-0.39, 0.29) is 11.2 Å². The SMILES string of the molecule is CC(C)[C@H](C1CC2(C1)CN(CC1COC1)C2)N1CC2(CCN(c3ncnnc3Oc3ccc(F)cc3-c3cncnc3C3CC3)C2)C1. The highest BCUT2D eigenvalue weighted by molar-refractivity contribution is 5.73. The molecule has 2 aliphatic carbocycles. The van der Waals surface area contributed by atoms with Crippen molar-refractivity contribution in [3.05, 3.63) is 48.6 Å². The number of anilines is 1. The number of hydrogen-bond acceptors (Lipinski definition) is 10. The van der Waals surface area contributed by atoms with Crippen LogP contribution in [0.2, 0.25) is 0 Å². The van der Waals surface area contributed by atoms with Gasteiger partial charge in [0, 0.05) is 86.4 Å². The van der Waals surface area contributed by atoms with Crippen molar-refractivity contribution in [1.82, 2.24) is 34.9 Å². The van der Waals surface area contributed by atoms with Gasteiger partial charge in [0.1, 0.15) is 24.2 Å². The van der Waals surface area contributed by atoms with Gasteiger partial charge in [0.05, 0.1) is 18.9 Å². The van der Waals surface area contributed by atoms with E-state index in [4.69, 9.17) is 9.47 Å². The number of rotatable bonds is 10. The summed E-state index contributed by atoms with van der Waals surface area (Å²) in [6, 6.07) is 5.23. The van der Waals surface area contributed by atoms with Gasteiger partial charge < -0.3 is 19.3 Å². The Kier molecular flexibility index (Phi) is 7.24. The van der Waals surface area contributed by atoms with Crippen molar-refractivity contribution in [3.8, 4) is 22.8 Å². The van der Waals surface area contributed by atoms with Crippen molar-refractivity contribution in [2.24, 2.45) is 28.6 Å². The van der Waals surface area contributed by atoms with Crippen LogP contribution in [0.5, 0.6) is 11.6 Å². The Labute approximate surface area is 276 Å². The number of aromatic nitrogens is 5. The summed E-state index contributed by atoms with van der Waals surface area (Å²) in [6.45, 7) is 14.7. The van der Waals surface area contributed by atoms with Gasteiger partial charge in [-0.15, -0.1) is 10.2 Å². The fourth-order valence-electron chi connectivity index (χ4n) is 9.68. The molecule has 2 saturated carbocycles. The van der Waals surface area contributed by atoms with Crippen LogP contribution in [0.25, 0.3) is 11.1 Å². The fraction of sp³-hybridized carbons (Fsp3) is 0.639. The second-order valence-corrected chi connectivity index (χ2v) is 16.0. The lowest BCUT2D eigenvalue weighted by Crippen LogP contribution is -2.69. The van der Waals surface area contributed by atoms with E-state index in [2.05, 4.69) is 53.7 Å². The quantitative estimate of drug-likeness (QED) is 0.300.